The van der Waals surface area contributed by atoms with Crippen molar-refractivity contribution in [3.63, 3.8) is 0 Å². The van der Waals surface area contributed by atoms with E-state index in [0.717, 1.165) is 10.8 Å². The Labute approximate surface area is 72.8 Å². The Morgan fingerprint density at radius 3 is 2.00 bits per heavy atom. The maximum absolute atomic E-state index is 4.22. The summed E-state index contributed by atoms with van der Waals surface area (Å²) in [4.78, 5) is 4.22. The minimum atomic E-state index is 0.468. The Balaban J connectivity index is 0.000000461. The summed E-state index contributed by atoms with van der Waals surface area (Å²) in [5.41, 5.74) is 0. The van der Waals surface area contributed by atoms with Crippen molar-refractivity contribution in [1.29, 1.82) is 0 Å². The lowest BCUT2D eigenvalue weighted by Gasteiger charge is -1.92. The second-order valence-electron chi connectivity index (χ2n) is 2.33. The average Bonchev–Trinajstić information content (AvgIpc) is 2.40. The molecule has 11 heavy (non-hydrogen) atoms. The maximum atomic E-state index is 4.22. The van der Waals surface area contributed by atoms with Gasteiger partial charge in [-0.05, 0) is 18.5 Å². The predicted octanol–water partition coefficient (Wildman–Crippen LogP) is 3.00. The van der Waals surface area contributed by atoms with Crippen LogP contribution in [0.4, 0.5) is 0 Å². The lowest BCUT2D eigenvalue weighted by atomic mass is 10.2. The molecule has 0 unspecified atom stereocenters. The summed E-state index contributed by atoms with van der Waals surface area (Å²) in [7, 11) is 0. The Morgan fingerprint density at radius 1 is 1.27 bits per heavy atom. The van der Waals surface area contributed by atoms with Crippen molar-refractivity contribution in [2.24, 2.45) is 0 Å². The summed E-state index contributed by atoms with van der Waals surface area (Å²) in [6, 6.07) is 0. The zero-order valence-electron chi connectivity index (χ0n) is 7.88. The van der Waals surface area contributed by atoms with Crippen LogP contribution in [0.2, 0.25) is 0 Å². The van der Waals surface area contributed by atoms with Gasteiger partial charge in [0, 0.05) is 5.92 Å². The monoisotopic (exact) mass is 172 g/mol. The second kappa shape index (κ2) is 5.24. The molecule has 0 N–H and O–H groups in total. The molecule has 0 bridgehead atoms. The normalized spacial score (nSPS) is 9.27. The zero-order chi connectivity index (χ0) is 8.85. The van der Waals surface area contributed by atoms with Crippen LogP contribution in [-0.2, 0) is 0 Å². The molecule has 2 nitrogen and oxygen atoms in total. The van der Waals surface area contributed by atoms with Gasteiger partial charge in [0.2, 0.25) is 0 Å². The summed E-state index contributed by atoms with van der Waals surface area (Å²) >= 11 is 1.47. The van der Waals surface area contributed by atoms with E-state index >= 15 is 0 Å². The summed E-state index contributed by atoms with van der Waals surface area (Å²) in [6.07, 6.45) is 0. The quantitative estimate of drug-likeness (QED) is 0.650. The van der Waals surface area contributed by atoms with Crippen molar-refractivity contribution in [3.05, 3.63) is 10.8 Å². The molecule has 0 aliphatic carbocycles. The van der Waals surface area contributed by atoms with Gasteiger partial charge in [0.15, 0.2) is 0 Å². The first kappa shape index (κ1) is 10.6. The highest BCUT2D eigenvalue weighted by molar-refractivity contribution is 7.05. The first-order valence-corrected chi connectivity index (χ1v) is 4.77. The molecule has 0 fully saturated rings. The van der Waals surface area contributed by atoms with E-state index in [1.165, 1.54) is 11.5 Å². The van der Waals surface area contributed by atoms with E-state index < -0.39 is 0 Å². The fraction of sp³-hybridized carbons (Fsp3) is 0.750. The van der Waals surface area contributed by atoms with E-state index in [9.17, 15) is 0 Å². The van der Waals surface area contributed by atoms with Gasteiger partial charge in [0.05, 0.1) is 0 Å². The second-order valence-corrected chi connectivity index (χ2v) is 3.28. The van der Waals surface area contributed by atoms with E-state index in [4.69, 9.17) is 0 Å². The minimum absolute atomic E-state index is 0.468. The molecule has 1 heterocycles. The van der Waals surface area contributed by atoms with E-state index in [2.05, 4.69) is 23.2 Å². The summed E-state index contributed by atoms with van der Waals surface area (Å²) in [5, 5.41) is 1.05. The molecule has 0 aromatic carbocycles. The van der Waals surface area contributed by atoms with Crippen molar-refractivity contribution in [2.75, 3.05) is 0 Å². The SMILES string of the molecule is CC.Cc1nc(C(C)C)ns1. The number of hydrogen-bond acceptors (Lipinski definition) is 3. The van der Waals surface area contributed by atoms with Crippen LogP contribution in [0, 0.1) is 6.92 Å². The van der Waals surface area contributed by atoms with Crippen LogP contribution in [-0.4, -0.2) is 9.36 Å². The van der Waals surface area contributed by atoms with Crippen LogP contribution in [0.25, 0.3) is 0 Å². The molecule has 1 aromatic rings. The highest BCUT2D eigenvalue weighted by Crippen LogP contribution is 2.11. The van der Waals surface area contributed by atoms with Gasteiger partial charge < -0.3 is 0 Å². The number of rotatable bonds is 1. The maximum Gasteiger partial charge on any atom is 0.145 e. The van der Waals surface area contributed by atoms with Gasteiger partial charge in [-0.1, -0.05) is 27.7 Å². The number of hydrogen-bond donors (Lipinski definition) is 0. The van der Waals surface area contributed by atoms with Gasteiger partial charge in [0.1, 0.15) is 10.8 Å². The smallest absolute Gasteiger partial charge is 0.145 e. The third kappa shape index (κ3) is 3.46. The van der Waals surface area contributed by atoms with Crippen molar-refractivity contribution in [3.8, 4) is 0 Å². The van der Waals surface area contributed by atoms with Gasteiger partial charge in [0.25, 0.3) is 0 Å². The van der Waals surface area contributed by atoms with Crippen molar-refractivity contribution < 1.29 is 0 Å². The summed E-state index contributed by atoms with van der Waals surface area (Å²) in [5.74, 6) is 1.44. The summed E-state index contributed by atoms with van der Waals surface area (Å²) < 4.78 is 4.15. The van der Waals surface area contributed by atoms with Crippen LogP contribution >= 0.6 is 11.5 Å². The minimum Gasteiger partial charge on any atom is -0.225 e. The Morgan fingerprint density at radius 2 is 1.82 bits per heavy atom. The Kier molecular flexibility index (Phi) is 5.03. The molecule has 3 heteroatoms. The highest BCUT2D eigenvalue weighted by atomic mass is 32.1. The largest absolute Gasteiger partial charge is 0.225 e. The van der Waals surface area contributed by atoms with Crippen molar-refractivity contribution in [2.45, 2.75) is 40.5 Å². The molecule has 1 rings (SSSR count). The first-order valence-electron chi connectivity index (χ1n) is 4.00. The molecule has 0 saturated carbocycles. The van der Waals surface area contributed by atoms with E-state index in [0.29, 0.717) is 5.92 Å². The molecule has 0 aliphatic rings. The van der Waals surface area contributed by atoms with E-state index in [-0.39, 0.29) is 0 Å². The lowest BCUT2D eigenvalue weighted by molar-refractivity contribution is 0.795. The molecule has 0 aliphatic heterocycles. The standard InChI is InChI=1S/C6H10N2S.C2H6/c1-4(2)6-7-5(3)9-8-6;1-2/h4H,1-3H3;1-2H3. The molecule has 64 valence electrons. The lowest BCUT2D eigenvalue weighted by Crippen LogP contribution is -1.88. The predicted molar refractivity (Wildman–Crippen MR) is 50.1 cm³/mol. The van der Waals surface area contributed by atoms with Crippen LogP contribution in [0.1, 0.15) is 44.4 Å². The van der Waals surface area contributed by atoms with Gasteiger partial charge >= 0.3 is 0 Å². The molecule has 0 spiro atoms. The topological polar surface area (TPSA) is 25.8 Å². The zero-order valence-corrected chi connectivity index (χ0v) is 8.70. The molecule has 0 saturated heterocycles. The number of aryl methyl sites for hydroxylation is 1. The first-order chi connectivity index (χ1) is 5.20. The van der Waals surface area contributed by atoms with Crippen LogP contribution < -0.4 is 0 Å². The average molecular weight is 172 g/mol. The van der Waals surface area contributed by atoms with Crippen molar-refractivity contribution in [1.82, 2.24) is 9.36 Å². The van der Waals surface area contributed by atoms with Gasteiger partial charge in [-0.25, -0.2) is 4.98 Å². The molecular weight excluding hydrogens is 156 g/mol. The molecule has 0 radical (unpaired) electrons. The third-order valence-electron chi connectivity index (χ3n) is 1.06. The third-order valence-corrected chi connectivity index (χ3v) is 1.69. The molecule has 0 atom stereocenters. The highest BCUT2D eigenvalue weighted by Gasteiger charge is 2.02. The van der Waals surface area contributed by atoms with Crippen LogP contribution in [0.3, 0.4) is 0 Å². The molecule has 1 aromatic heterocycles. The Bertz CT molecular complexity index is 194. The van der Waals surface area contributed by atoms with Crippen LogP contribution in [0.15, 0.2) is 0 Å². The van der Waals surface area contributed by atoms with E-state index in [1.807, 2.05) is 20.8 Å². The summed E-state index contributed by atoms with van der Waals surface area (Å²) in [6.45, 7) is 10.2. The van der Waals surface area contributed by atoms with Crippen molar-refractivity contribution >= 4 is 11.5 Å². The molecular formula is C8H16N2S. The fourth-order valence-electron chi connectivity index (χ4n) is 0.549. The number of aromatic nitrogens is 2. The fourth-order valence-corrected chi connectivity index (χ4v) is 1.16. The Hall–Kier alpha value is -0.440. The van der Waals surface area contributed by atoms with Gasteiger partial charge in [-0.3, -0.25) is 0 Å². The van der Waals surface area contributed by atoms with Gasteiger partial charge in [-0.2, -0.15) is 4.37 Å². The van der Waals surface area contributed by atoms with E-state index in [1.54, 1.807) is 0 Å². The molecule has 0 amide bonds. The van der Waals surface area contributed by atoms with Crippen LogP contribution in [0.5, 0.6) is 0 Å². The number of nitrogens with zero attached hydrogens (tertiary/aromatic N) is 2. The van der Waals surface area contributed by atoms with Gasteiger partial charge in [-0.15, -0.1) is 0 Å².